The Morgan fingerprint density at radius 2 is 2.00 bits per heavy atom. The number of likely N-dealkylation sites (tertiary alicyclic amines) is 1. The number of hydrogen-bond acceptors (Lipinski definition) is 3. The molecule has 2 amide bonds. The number of nitrogens with one attached hydrogen (secondary N) is 2. The van der Waals surface area contributed by atoms with E-state index in [0.29, 0.717) is 0 Å². The van der Waals surface area contributed by atoms with Crippen molar-refractivity contribution in [2.24, 2.45) is 5.41 Å². The topological polar surface area (TPSA) is 78.5 Å². The molecular weight excluding hydrogens is 462 g/mol. The fraction of sp³-hybridized carbons (Fsp3) is 0.591. The van der Waals surface area contributed by atoms with Crippen LogP contribution < -0.4 is 10.0 Å². The largest absolute Gasteiger partial charge is 0.405 e. The van der Waals surface area contributed by atoms with Crippen molar-refractivity contribution < 1.29 is 30.8 Å². The molecule has 1 aliphatic carbocycles. The summed E-state index contributed by atoms with van der Waals surface area (Å²) >= 11 is 0. The van der Waals surface area contributed by atoms with Gasteiger partial charge in [-0.2, -0.15) is 13.2 Å². The third-order valence-corrected chi connectivity index (χ3v) is 7.39. The van der Waals surface area contributed by atoms with E-state index in [0.717, 1.165) is 17.7 Å². The number of hydrogen-bond donors (Lipinski definition) is 2. The molecule has 1 aromatic carbocycles. The highest BCUT2D eigenvalue weighted by atomic mass is 32.2. The highest BCUT2D eigenvalue weighted by Crippen LogP contribution is 2.44. The predicted molar refractivity (Wildman–Crippen MR) is 115 cm³/mol. The molecular formula is C22H27F4N3O3S. The zero-order valence-corrected chi connectivity index (χ0v) is 19.2. The standard InChI is InChI=1S/C22H27F4N3O3S/c1-3-33(31,32)28-17-8-12-29(20(30)27-14-22(24,25)26)18(17)13-16-6-4-5-15(19(16)23)7-9-21(2)10-11-21/h4-6,17-18,28H,3,8,10-14H2,1-2H3,(H,27,30). The summed E-state index contributed by atoms with van der Waals surface area (Å²) in [6.07, 6.45) is -2.57. The van der Waals surface area contributed by atoms with Gasteiger partial charge in [-0.05, 0) is 51.2 Å². The maximum Gasteiger partial charge on any atom is 0.405 e. The lowest BCUT2D eigenvalue weighted by Gasteiger charge is -2.29. The first kappa shape index (κ1) is 25.3. The van der Waals surface area contributed by atoms with Crippen LogP contribution >= 0.6 is 0 Å². The van der Waals surface area contributed by atoms with Crippen LogP contribution in [0.15, 0.2) is 18.2 Å². The molecule has 3 rings (SSSR count). The molecule has 0 aromatic heterocycles. The summed E-state index contributed by atoms with van der Waals surface area (Å²) in [7, 11) is -3.65. The minimum atomic E-state index is -4.59. The third kappa shape index (κ3) is 6.84. The van der Waals surface area contributed by atoms with Crippen molar-refractivity contribution in [3.8, 4) is 11.8 Å². The summed E-state index contributed by atoms with van der Waals surface area (Å²) in [6.45, 7) is 1.95. The van der Waals surface area contributed by atoms with Gasteiger partial charge in [0.1, 0.15) is 12.4 Å². The lowest BCUT2D eigenvalue weighted by molar-refractivity contribution is -0.123. The lowest BCUT2D eigenvalue weighted by atomic mass is 9.98. The van der Waals surface area contributed by atoms with E-state index in [1.807, 2.05) is 12.2 Å². The minimum Gasteiger partial charge on any atom is -0.329 e. The Morgan fingerprint density at radius 3 is 2.61 bits per heavy atom. The monoisotopic (exact) mass is 489 g/mol. The molecule has 1 aromatic rings. The van der Waals surface area contributed by atoms with Gasteiger partial charge in [0.05, 0.1) is 17.4 Å². The number of benzene rings is 1. The van der Waals surface area contributed by atoms with E-state index in [4.69, 9.17) is 0 Å². The average molecular weight is 490 g/mol. The molecule has 2 atom stereocenters. The fourth-order valence-electron chi connectivity index (χ4n) is 3.68. The molecule has 1 aliphatic heterocycles. The van der Waals surface area contributed by atoms with E-state index in [9.17, 15) is 26.4 Å². The maximum absolute atomic E-state index is 15.2. The van der Waals surface area contributed by atoms with E-state index < -0.39 is 46.7 Å². The Morgan fingerprint density at radius 1 is 1.30 bits per heavy atom. The molecule has 2 aliphatic rings. The second kappa shape index (κ2) is 9.50. The Balaban J connectivity index is 1.85. The van der Waals surface area contributed by atoms with Crippen molar-refractivity contribution >= 4 is 16.1 Å². The zero-order valence-electron chi connectivity index (χ0n) is 18.4. The molecule has 1 saturated carbocycles. The SMILES string of the molecule is CCS(=O)(=O)NC1CCN(C(=O)NCC(F)(F)F)C1Cc1cccc(C#CC2(C)CC2)c1F. The molecule has 0 bridgehead atoms. The van der Waals surface area contributed by atoms with Crippen LogP contribution in [0.5, 0.6) is 0 Å². The van der Waals surface area contributed by atoms with Gasteiger partial charge in [0, 0.05) is 18.0 Å². The van der Waals surface area contributed by atoms with Gasteiger partial charge in [0.2, 0.25) is 10.0 Å². The van der Waals surface area contributed by atoms with Crippen LogP contribution in [0.3, 0.4) is 0 Å². The molecule has 2 unspecified atom stereocenters. The second-order valence-corrected chi connectivity index (χ2v) is 10.8. The van der Waals surface area contributed by atoms with Crippen LogP contribution in [0.25, 0.3) is 0 Å². The van der Waals surface area contributed by atoms with Crippen LogP contribution in [-0.2, 0) is 16.4 Å². The van der Waals surface area contributed by atoms with Crippen molar-refractivity contribution in [2.75, 3.05) is 18.8 Å². The van der Waals surface area contributed by atoms with Gasteiger partial charge in [-0.25, -0.2) is 22.3 Å². The summed E-state index contributed by atoms with van der Waals surface area (Å²) in [4.78, 5) is 13.6. The van der Waals surface area contributed by atoms with Gasteiger partial charge in [0.15, 0.2) is 0 Å². The van der Waals surface area contributed by atoms with E-state index >= 15 is 4.39 Å². The normalized spacial score (nSPS) is 21.9. The number of alkyl halides is 3. The first-order valence-corrected chi connectivity index (χ1v) is 12.4. The Bertz CT molecular complexity index is 1060. The minimum absolute atomic E-state index is 0.0325. The number of carbonyl (C=O) groups excluding carboxylic acids is 1. The zero-order chi connectivity index (χ0) is 24.4. The van der Waals surface area contributed by atoms with Crippen molar-refractivity contribution in [1.29, 1.82) is 0 Å². The highest BCUT2D eigenvalue weighted by Gasteiger charge is 2.40. The molecule has 11 heteroatoms. The molecule has 2 N–H and O–H groups in total. The van der Waals surface area contributed by atoms with Gasteiger partial charge >= 0.3 is 12.2 Å². The van der Waals surface area contributed by atoms with E-state index in [2.05, 4.69) is 16.6 Å². The number of sulfonamides is 1. The number of urea groups is 1. The number of halogens is 4. The van der Waals surface area contributed by atoms with Gasteiger partial charge in [-0.3, -0.25) is 0 Å². The van der Waals surface area contributed by atoms with Crippen molar-refractivity contribution in [1.82, 2.24) is 14.9 Å². The second-order valence-electron chi connectivity index (χ2n) is 8.74. The number of rotatable bonds is 6. The molecule has 0 spiro atoms. The quantitative estimate of drug-likeness (QED) is 0.476. The highest BCUT2D eigenvalue weighted by molar-refractivity contribution is 7.89. The molecule has 33 heavy (non-hydrogen) atoms. The lowest BCUT2D eigenvalue weighted by Crippen LogP contribution is -2.51. The van der Waals surface area contributed by atoms with Crippen LogP contribution in [0, 0.1) is 23.1 Å². The summed E-state index contributed by atoms with van der Waals surface area (Å²) in [5.74, 6) is 5.13. The summed E-state index contributed by atoms with van der Waals surface area (Å²) in [6, 6.07) is 2.07. The first-order chi connectivity index (χ1) is 15.3. The van der Waals surface area contributed by atoms with Gasteiger partial charge < -0.3 is 10.2 Å². The Labute approximate surface area is 191 Å². The first-order valence-electron chi connectivity index (χ1n) is 10.7. The van der Waals surface area contributed by atoms with Crippen LogP contribution in [0.4, 0.5) is 22.4 Å². The fourth-order valence-corrected chi connectivity index (χ4v) is 4.58. The summed E-state index contributed by atoms with van der Waals surface area (Å²) in [5, 5.41) is 1.82. The molecule has 1 heterocycles. The molecule has 2 fully saturated rings. The van der Waals surface area contributed by atoms with Crippen LogP contribution in [0.2, 0.25) is 0 Å². The van der Waals surface area contributed by atoms with E-state index in [1.165, 1.54) is 19.1 Å². The maximum atomic E-state index is 15.2. The van der Waals surface area contributed by atoms with E-state index in [-0.39, 0.29) is 41.7 Å². The van der Waals surface area contributed by atoms with Gasteiger partial charge in [-0.15, -0.1) is 0 Å². The molecule has 1 saturated heterocycles. The average Bonchev–Trinajstić information content (AvgIpc) is 3.35. The van der Waals surface area contributed by atoms with Crippen LogP contribution in [0.1, 0.15) is 44.2 Å². The molecule has 6 nitrogen and oxygen atoms in total. The molecule has 0 radical (unpaired) electrons. The summed E-state index contributed by atoms with van der Waals surface area (Å²) in [5.41, 5.74) is 0.298. The Hall–Kier alpha value is -2.32. The third-order valence-electron chi connectivity index (χ3n) is 5.96. The number of nitrogens with zero attached hydrogens (tertiary/aromatic N) is 1. The van der Waals surface area contributed by atoms with Crippen molar-refractivity contribution in [2.45, 2.75) is 57.8 Å². The molecule has 182 valence electrons. The number of amides is 2. The van der Waals surface area contributed by atoms with E-state index in [1.54, 1.807) is 6.07 Å². The van der Waals surface area contributed by atoms with Crippen molar-refractivity contribution in [3.05, 3.63) is 35.1 Å². The van der Waals surface area contributed by atoms with Gasteiger partial charge in [0.25, 0.3) is 0 Å². The summed E-state index contributed by atoms with van der Waals surface area (Å²) < 4.78 is 79.6. The smallest absolute Gasteiger partial charge is 0.329 e. The van der Waals surface area contributed by atoms with Crippen LogP contribution in [-0.4, -0.2) is 56.5 Å². The number of carbonyl (C=O) groups is 1. The van der Waals surface area contributed by atoms with Gasteiger partial charge in [-0.1, -0.05) is 24.0 Å². The predicted octanol–water partition coefficient (Wildman–Crippen LogP) is 3.17. The van der Waals surface area contributed by atoms with Crippen molar-refractivity contribution in [3.63, 3.8) is 0 Å². The Kier molecular flexibility index (Phi) is 7.29.